The van der Waals surface area contributed by atoms with Crippen molar-refractivity contribution in [2.45, 2.75) is 39.2 Å². The van der Waals surface area contributed by atoms with Gasteiger partial charge in [0.2, 0.25) is 0 Å². The molecule has 1 aromatic carbocycles. The number of guanidine groups is 1. The molecule has 3 N–H and O–H groups in total. The van der Waals surface area contributed by atoms with Crippen LogP contribution in [0.5, 0.6) is 0 Å². The van der Waals surface area contributed by atoms with E-state index in [0.717, 1.165) is 73.5 Å². The quantitative estimate of drug-likeness (QED) is 0.396. The fraction of sp³-hybridized carbons (Fsp3) is 0.417. The molecule has 1 saturated heterocycles. The van der Waals surface area contributed by atoms with Gasteiger partial charge in [0.15, 0.2) is 5.96 Å². The van der Waals surface area contributed by atoms with Gasteiger partial charge in [-0.3, -0.25) is 4.99 Å². The zero-order valence-corrected chi connectivity index (χ0v) is 19.0. The normalized spacial score (nSPS) is 15.5. The third-order valence-electron chi connectivity index (χ3n) is 5.76. The summed E-state index contributed by atoms with van der Waals surface area (Å²) in [5.41, 5.74) is 3.43. The highest BCUT2D eigenvalue weighted by Gasteiger charge is 2.21. The number of fused-ring (bicyclic) bond motifs is 1. The van der Waals surface area contributed by atoms with Crippen molar-refractivity contribution in [2.24, 2.45) is 4.99 Å². The Morgan fingerprint density at radius 3 is 2.87 bits per heavy atom. The minimum absolute atomic E-state index is 0.422. The Kier molecular flexibility index (Phi) is 6.97. The summed E-state index contributed by atoms with van der Waals surface area (Å²) in [6, 6.07) is 12.6. The number of aromatic nitrogens is 2. The minimum atomic E-state index is 0.422. The highest BCUT2D eigenvalue weighted by atomic mass is 35.5. The lowest BCUT2D eigenvalue weighted by Crippen LogP contribution is -2.49. The van der Waals surface area contributed by atoms with E-state index in [2.05, 4.69) is 50.8 Å². The van der Waals surface area contributed by atoms with Crippen LogP contribution in [0.25, 0.3) is 10.9 Å². The van der Waals surface area contributed by atoms with Crippen molar-refractivity contribution in [3.05, 3.63) is 58.9 Å². The van der Waals surface area contributed by atoms with E-state index < -0.39 is 0 Å². The van der Waals surface area contributed by atoms with Gasteiger partial charge < -0.3 is 20.5 Å². The Bertz CT molecular complexity index is 1040. The smallest absolute Gasteiger partial charge is 0.191 e. The average Bonchev–Trinajstić information content (AvgIpc) is 3.16. The number of halogens is 1. The van der Waals surface area contributed by atoms with Crippen LogP contribution in [-0.4, -0.2) is 48.1 Å². The molecule has 0 amide bonds. The molecule has 0 atom stereocenters. The molecule has 0 saturated carbocycles. The molecule has 1 fully saturated rings. The van der Waals surface area contributed by atoms with Crippen molar-refractivity contribution in [2.75, 3.05) is 31.1 Å². The van der Waals surface area contributed by atoms with Crippen molar-refractivity contribution in [1.29, 1.82) is 0 Å². The molecule has 1 aliphatic heterocycles. The second-order valence-electron chi connectivity index (χ2n) is 8.06. The lowest BCUT2D eigenvalue weighted by Gasteiger charge is -2.34. The van der Waals surface area contributed by atoms with Crippen LogP contribution in [0.2, 0.25) is 5.02 Å². The molecule has 0 unspecified atom stereocenters. The number of aliphatic imine (C=N–C) groups is 1. The SMILES string of the molecule is CCNC(=NCCc1c[nH]c2ccc(Cl)cc12)NC1CCN(c2cccc(C)n2)CC1. The maximum Gasteiger partial charge on any atom is 0.191 e. The molecule has 4 rings (SSSR count). The number of piperidine rings is 1. The van der Waals surface area contributed by atoms with Crippen molar-refractivity contribution in [3.63, 3.8) is 0 Å². The number of benzene rings is 1. The van der Waals surface area contributed by atoms with E-state index in [-0.39, 0.29) is 0 Å². The predicted octanol–water partition coefficient (Wildman–Crippen LogP) is 4.29. The van der Waals surface area contributed by atoms with E-state index in [1.165, 1.54) is 10.9 Å². The Hall–Kier alpha value is -2.73. The van der Waals surface area contributed by atoms with E-state index >= 15 is 0 Å². The molecule has 3 aromatic rings. The lowest BCUT2D eigenvalue weighted by molar-refractivity contribution is 0.459. The molecule has 0 aliphatic carbocycles. The van der Waals surface area contributed by atoms with Crippen LogP contribution in [-0.2, 0) is 6.42 Å². The van der Waals surface area contributed by atoms with Crippen molar-refractivity contribution >= 4 is 34.3 Å². The molecule has 2 aromatic heterocycles. The monoisotopic (exact) mass is 438 g/mol. The third kappa shape index (κ3) is 5.50. The number of pyridine rings is 1. The molecule has 164 valence electrons. The summed E-state index contributed by atoms with van der Waals surface area (Å²) in [6.07, 6.45) is 5.07. The molecule has 3 heterocycles. The molecule has 6 nitrogen and oxygen atoms in total. The Balaban J connectivity index is 1.32. The van der Waals surface area contributed by atoms with Gasteiger partial charge in [0, 0.05) is 60.0 Å². The standard InChI is InChI=1S/C24H31ClN6/c1-3-26-24(27-12-9-18-16-28-22-8-7-19(25)15-21(18)22)30-20-10-13-31(14-11-20)23-6-4-5-17(2)29-23/h4-8,15-16,20,28H,3,9-14H2,1-2H3,(H2,26,27,30). The highest BCUT2D eigenvalue weighted by Crippen LogP contribution is 2.23. The van der Waals surface area contributed by atoms with Crippen LogP contribution < -0.4 is 15.5 Å². The number of nitrogens with one attached hydrogen (secondary N) is 3. The van der Waals surface area contributed by atoms with Crippen LogP contribution >= 0.6 is 11.6 Å². The average molecular weight is 439 g/mol. The molecule has 0 spiro atoms. The number of H-pyrrole nitrogens is 1. The highest BCUT2D eigenvalue weighted by molar-refractivity contribution is 6.31. The van der Waals surface area contributed by atoms with Gasteiger partial charge in [-0.15, -0.1) is 0 Å². The van der Waals surface area contributed by atoms with E-state index in [0.29, 0.717) is 6.04 Å². The summed E-state index contributed by atoms with van der Waals surface area (Å²) in [4.78, 5) is 15.2. The summed E-state index contributed by atoms with van der Waals surface area (Å²) in [5.74, 6) is 1.98. The van der Waals surface area contributed by atoms with Gasteiger partial charge in [-0.1, -0.05) is 17.7 Å². The molecular formula is C24H31ClN6. The number of hydrogen-bond donors (Lipinski definition) is 3. The molecular weight excluding hydrogens is 408 g/mol. The van der Waals surface area contributed by atoms with E-state index in [1.807, 2.05) is 31.2 Å². The zero-order valence-electron chi connectivity index (χ0n) is 18.3. The molecule has 31 heavy (non-hydrogen) atoms. The van der Waals surface area contributed by atoms with Gasteiger partial charge in [0.25, 0.3) is 0 Å². The van der Waals surface area contributed by atoms with Gasteiger partial charge in [-0.05, 0) is 69.0 Å². The van der Waals surface area contributed by atoms with Crippen LogP contribution in [0.4, 0.5) is 5.82 Å². The lowest BCUT2D eigenvalue weighted by atomic mass is 10.1. The first kappa shape index (κ1) is 21.5. The fourth-order valence-electron chi connectivity index (χ4n) is 4.12. The van der Waals surface area contributed by atoms with Crippen molar-refractivity contribution in [3.8, 4) is 0 Å². The summed E-state index contributed by atoms with van der Waals surface area (Å²) >= 11 is 6.17. The van der Waals surface area contributed by atoms with E-state index in [9.17, 15) is 0 Å². The second kappa shape index (κ2) is 10.1. The Labute approximate surface area is 189 Å². The van der Waals surface area contributed by atoms with Gasteiger partial charge in [-0.25, -0.2) is 4.98 Å². The maximum absolute atomic E-state index is 6.17. The largest absolute Gasteiger partial charge is 0.361 e. The summed E-state index contributed by atoms with van der Waals surface area (Å²) < 4.78 is 0. The van der Waals surface area contributed by atoms with Crippen LogP contribution in [0, 0.1) is 6.92 Å². The van der Waals surface area contributed by atoms with E-state index in [1.54, 1.807) is 0 Å². The van der Waals surface area contributed by atoms with Crippen LogP contribution in [0.1, 0.15) is 31.0 Å². The molecule has 1 aliphatic rings. The Morgan fingerprint density at radius 1 is 1.26 bits per heavy atom. The van der Waals surface area contributed by atoms with Gasteiger partial charge in [0.05, 0.1) is 0 Å². The summed E-state index contributed by atoms with van der Waals surface area (Å²) in [6.45, 7) is 7.72. The number of rotatable bonds is 6. The first-order valence-corrected chi connectivity index (χ1v) is 11.5. The van der Waals surface area contributed by atoms with Crippen LogP contribution in [0.15, 0.2) is 47.6 Å². The fourth-order valence-corrected chi connectivity index (χ4v) is 4.29. The first-order chi connectivity index (χ1) is 15.1. The number of hydrogen-bond acceptors (Lipinski definition) is 3. The van der Waals surface area contributed by atoms with Gasteiger partial charge in [-0.2, -0.15) is 0 Å². The predicted molar refractivity (Wildman–Crippen MR) is 130 cm³/mol. The summed E-state index contributed by atoms with van der Waals surface area (Å²) in [7, 11) is 0. The Morgan fingerprint density at radius 2 is 2.10 bits per heavy atom. The molecule has 7 heteroatoms. The molecule has 0 radical (unpaired) electrons. The number of anilines is 1. The number of aryl methyl sites for hydroxylation is 1. The topological polar surface area (TPSA) is 68.3 Å². The molecule has 0 bridgehead atoms. The summed E-state index contributed by atoms with van der Waals surface area (Å²) in [5, 5.41) is 8.96. The first-order valence-electron chi connectivity index (χ1n) is 11.1. The third-order valence-corrected chi connectivity index (χ3v) is 5.99. The van der Waals surface area contributed by atoms with Crippen molar-refractivity contribution in [1.82, 2.24) is 20.6 Å². The van der Waals surface area contributed by atoms with Gasteiger partial charge in [0.1, 0.15) is 5.82 Å². The van der Waals surface area contributed by atoms with Crippen LogP contribution in [0.3, 0.4) is 0 Å². The minimum Gasteiger partial charge on any atom is -0.361 e. The maximum atomic E-state index is 6.17. The number of nitrogens with zero attached hydrogens (tertiary/aromatic N) is 3. The second-order valence-corrected chi connectivity index (χ2v) is 8.49. The van der Waals surface area contributed by atoms with Gasteiger partial charge >= 0.3 is 0 Å². The number of aromatic amines is 1. The van der Waals surface area contributed by atoms with Crippen molar-refractivity contribution < 1.29 is 0 Å². The van der Waals surface area contributed by atoms with E-state index in [4.69, 9.17) is 16.6 Å². The zero-order chi connectivity index (χ0) is 21.6.